The molecule has 3 heteroatoms. The van der Waals surface area contributed by atoms with Crippen LogP contribution >= 0.6 is 23.5 Å². The number of carbonyl (C=O) groups excluding carboxylic acids is 1. The van der Waals surface area contributed by atoms with Gasteiger partial charge in [0.25, 0.3) is 0 Å². The standard InChI is InChI=1S/C17H24OS2/c1-16(2,3)12-9-11(15-19-7-8-20-15)10-13(14(12)18)17(4,5)6/h9-10H,7-8H2,1-6H3. The van der Waals surface area contributed by atoms with Gasteiger partial charge in [-0.15, -0.1) is 23.5 Å². The van der Waals surface area contributed by atoms with Crippen LogP contribution in [0.5, 0.6) is 0 Å². The number of carbonyl (C=O) groups is 1. The van der Waals surface area contributed by atoms with E-state index in [4.69, 9.17) is 0 Å². The summed E-state index contributed by atoms with van der Waals surface area (Å²) in [5.74, 6) is 2.58. The highest BCUT2D eigenvalue weighted by atomic mass is 32.2. The van der Waals surface area contributed by atoms with Crippen molar-refractivity contribution in [2.24, 2.45) is 10.8 Å². The summed E-state index contributed by atoms with van der Waals surface area (Å²) in [7, 11) is 0. The van der Waals surface area contributed by atoms with Gasteiger partial charge in [-0.2, -0.15) is 0 Å². The van der Waals surface area contributed by atoms with Gasteiger partial charge in [-0.25, -0.2) is 0 Å². The number of thioether (sulfide) groups is 2. The first-order valence-corrected chi connectivity index (χ1v) is 9.07. The van der Waals surface area contributed by atoms with Gasteiger partial charge in [0.2, 0.25) is 0 Å². The summed E-state index contributed by atoms with van der Waals surface area (Å²) in [5.41, 5.74) is 2.91. The van der Waals surface area contributed by atoms with Gasteiger partial charge in [-0.1, -0.05) is 41.5 Å². The highest BCUT2D eigenvalue weighted by molar-refractivity contribution is 8.25. The normalized spacial score (nSPS) is 21.2. The predicted octanol–water partition coefficient (Wildman–Crippen LogP) is 5.21. The van der Waals surface area contributed by atoms with Gasteiger partial charge in [0.15, 0.2) is 5.78 Å². The molecule has 0 radical (unpaired) electrons. The molecule has 0 spiro atoms. The van der Waals surface area contributed by atoms with Gasteiger partial charge in [-0.3, -0.25) is 4.79 Å². The van der Waals surface area contributed by atoms with Gasteiger partial charge in [0.05, 0.1) is 0 Å². The minimum absolute atomic E-state index is 0.110. The van der Waals surface area contributed by atoms with E-state index in [9.17, 15) is 4.79 Å². The average molecular weight is 309 g/mol. The molecule has 0 amide bonds. The summed E-state index contributed by atoms with van der Waals surface area (Å²) in [6.07, 6.45) is 4.25. The highest BCUT2D eigenvalue weighted by Crippen LogP contribution is 2.45. The molecule has 2 rings (SSSR count). The molecule has 2 aliphatic rings. The maximum atomic E-state index is 12.8. The van der Waals surface area contributed by atoms with Crippen LogP contribution in [0.15, 0.2) is 33.1 Å². The fourth-order valence-corrected chi connectivity index (χ4v) is 4.78. The molecule has 0 N–H and O–H groups in total. The Morgan fingerprint density at radius 2 is 1.25 bits per heavy atom. The quantitative estimate of drug-likeness (QED) is 0.612. The van der Waals surface area contributed by atoms with E-state index in [0.29, 0.717) is 0 Å². The average Bonchev–Trinajstić information content (AvgIpc) is 2.79. The molecule has 0 aromatic rings. The Kier molecular flexibility index (Phi) is 4.32. The molecule has 1 saturated heterocycles. The monoisotopic (exact) mass is 308 g/mol. The Hall–Kier alpha value is -0.410. The summed E-state index contributed by atoms with van der Waals surface area (Å²) in [6, 6.07) is 0. The third-order valence-corrected chi connectivity index (χ3v) is 6.27. The van der Waals surface area contributed by atoms with Crippen LogP contribution in [0, 0.1) is 10.8 Å². The van der Waals surface area contributed by atoms with E-state index in [1.54, 1.807) is 0 Å². The van der Waals surface area contributed by atoms with E-state index in [1.807, 2.05) is 23.5 Å². The molecule has 0 aromatic heterocycles. The SMILES string of the molecule is CC(C)(C)C1=CC(=C2SCCS2)C=C(C(C)(C)C)C1=O. The topological polar surface area (TPSA) is 17.1 Å². The Labute approximate surface area is 131 Å². The van der Waals surface area contributed by atoms with Crippen molar-refractivity contribution >= 4 is 29.3 Å². The number of Topliss-reactive ketones (excluding diaryl/α,β-unsaturated/α-hetero) is 1. The largest absolute Gasteiger partial charge is 0.289 e. The zero-order valence-corrected chi connectivity index (χ0v) is 14.9. The molecule has 1 fully saturated rings. The maximum absolute atomic E-state index is 12.8. The van der Waals surface area contributed by atoms with Gasteiger partial charge >= 0.3 is 0 Å². The zero-order valence-electron chi connectivity index (χ0n) is 13.3. The Balaban J connectivity index is 2.57. The van der Waals surface area contributed by atoms with Crippen LogP contribution in [0.3, 0.4) is 0 Å². The van der Waals surface area contributed by atoms with Gasteiger partial charge in [-0.05, 0) is 28.6 Å². The Morgan fingerprint density at radius 3 is 1.60 bits per heavy atom. The summed E-state index contributed by atoms with van der Waals surface area (Å²) >= 11 is 3.84. The van der Waals surface area contributed by atoms with Gasteiger partial charge in [0, 0.05) is 26.9 Å². The number of hydrogen-bond acceptors (Lipinski definition) is 3. The molecular weight excluding hydrogens is 284 g/mol. The lowest BCUT2D eigenvalue weighted by molar-refractivity contribution is -0.114. The van der Waals surface area contributed by atoms with Crippen LogP contribution in [0.1, 0.15) is 41.5 Å². The fourth-order valence-electron chi connectivity index (χ4n) is 2.34. The van der Waals surface area contributed by atoms with Crippen molar-refractivity contribution in [3.63, 3.8) is 0 Å². The molecule has 0 unspecified atom stereocenters. The van der Waals surface area contributed by atoms with Crippen LogP contribution in [0.25, 0.3) is 0 Å². The van der Waals surface area contributed by atoms with Crippen molar-refractivity contribution in [2.75, 3.05) is 11.5 Å². The van der Waals surface area contributed by atoms with Crippen LogP contribution < -0.4 is 0 Å². The first-order chi connectivity index (χ1) is 9.10. The zero-order chi connectivity index (χ0) is 15.1. The van der Waals surface area contributed by atoms with Gasteiger partial charge < -0.3 is 0 Å². The molecule has 0 atom stereocenters. The summed E-state index contributed by atoms with van der Waals surface area (Å²) < 4.78 is 1.38. The van der Waals surface area contributed by atoms with Crippen molar-refractivity contribution < 1.29 is 4.79 Å². The number of hydrogen-bond donors (Lipinski definition) is 0. The second kappa shape index (κ2) is 5.42. The lowest BCUT2D eigenvalue weighted by atomic mass is 9.72. The van der Waals surface area contributed by atoms with E-state index in [-0.39, 0.29) is 16.6 Å². The molecule has 0 saturated carbocycles. The fraction of sp³-hybridized carbons (Fsp3) is 0.588. The molecule has 1 aliphatic carbocycles. The van der Waals surface area contributed by atoms with Crippen molar-refractivity contribution in [3.8, 4) is 0 Å². The second-order valence-corrected chi connectivity index (χ2v) is 9.85. The molecule has 110 valence electrons. The minimum Gasteiger partial charge on any atom is -0.289 e. The van der Waals surface area contributed by atoms with Gasteiger partial charge in [0.1, 0.15) is 0 Å². The number of allylic oxidation sites excluding steroid dienone is 5. The first-order valence-electron chi connectivity index (χ1n) is 7.09. The molecule has 20 heavy (non-hydrogen) atoms. The van der Waals surface area contributed by atoms with Crippen LogP contribution in [-0.4, -0.2) is 17.3 Å². The molecular formula is C17H24OS2. The number of rotatable bonds is 0. The molecule has 1 heterocycles. The third kappa shape index (κ3) is 3.25. The smallest absolute Gasteiger partial charge is 0.186 e. The van der Waals surface area contributed by atoms with Crippen LogP contribution in [-0.2, 0) is 4.79 Å². The predicted molar refractivity (Wildman–Crippen MR) is 92.0 cm³/mol. The van der Waals surface area contributed by atoms with Crippen LogP contribution in [0.4, 0.5) is 0 Å². The summed E-state index contributed by atoms with van der Waals surface area (Å²) in [4.78, 5) is 12.8. The van der Waals surface area contributed by atoms with Crippen molar-refractivity contribution in [1.82, 2.24) is 0 Å². The summed E-state index contributed by atoms with van der Waals surface area (Å²) in [6.45, 7) is 12.7. The van der Waals surface area contributed by atoms with Crippen molar-refractivity contribution in [3.05, 3.63) is 33.1 Å². The second-order valence-electron chi connectivity index (χ2n) is 7.38. The third-order valence-electron chi connectivity index (χ3n) is 3.49. The lowest BCUT2D eigenvalue weighted by Crippen LogP contribution is -2.28. The van der Waals surface area contributed by atoms with E-state index in [1.165, 1.54) is 21.3 Å². The molecule has 1 aliphatic heterocycles. The highest BCUT2D eigenvalue weighted by Gasteiger charge is 2.34. The maximum Gasteiger partial charge on any atom is 0.186 e. The molecule has 0 aromatic carbocycles. The van der Waals surface area contributed by atoms with E-state index in [2.05, 4.69) is 53.7 Å². The van der Waals surface area contributed by atoms with Crippen molar-refractivity contribution in [2.45, 2.75) is 41.5 Å². The Bertz CT molecular complexity index is 478. The lowest BCUT2D eigenvalue weighted by Gasteiger charge is -2.31. The molecule has 0 bridgehead atoms. The Morgan fingerprint density at radius 1 is 0.850 bits per heavy atom. The number of ketones is 1. The van der Waals surface area contributed by atoms with Crippen molar-refractivity contribution in [1.29, 1.82) is 0 Å². The van der Waals surface area contributed by atoms with E-state index < -0.39 is 0 Å². The van der Waals surface area contributed by atoms with Crippen LogP contribution in [0.2, 0.25) is 0 Å². The minimum atomic E-state index is -0.110. The molecule has 1 nitrogen and oxygen atoms in total. The van der Waals surface area contributed by atoms with E-state index >= 15 is 0 Å². The first kappa shape index (κ1) is 16.0. The summed E-state index contributed by atoms with van der Waals surface area (Å²) in [5, 5.41) is 0. The van der Waals surface area contributed by atoms with E-state index in [0.717, 1.165) is 11.1 Å².